The van der Waals surface area contributed by atoms with Crippen molar-refractivity contribution >= 4 is 11.8 Å². The minimum Gasteiger partial charge on any atom is -0.472 e. The van der Waals surface area contributed by atoms with Crippen molar-refractivity contribution in [3.05, 3.63) is 24.2 Å². The molecule has 2 nitrogen and oxygen atoms in total. The SMILES string of the molecule is CCCNC(Cc1ccoc1)CC1CCSCC1. The first kappa shape index (κ1) is 14.0. The zero-order valence-electron chi connectivity index (χ0n) is 11.4. The van der Waals surface area contributed by atoms with Crippen molar-refractivity contribution in [1.82, 2.24) is 5.32 Å². The van der Waals surface area contributed by atoms with E-state index in [1.165, 1.54) is 42.8 Å². The Morgan fingerprint density at radius 1 is 1.44 bits per heavy atom. The van der Waals surface area contributed by atoms with Crippen LogP contribution in [-0.4, -0.2) is 24.1 Å². The highest BCUT2D eigenvalue weighted by atomic mass is 32.2. The van der Waals surface area contributed by atoms with Crippen LogP contribution in [0.4, 0.5) is 0 Å². The largest absolute Gasteiger partial charge is 0.472 e. The summed E-state index contributed by atoms with van der Waals surface area (Å²) in [6, 6.07) is 2.72. The molecule has 0 saturated carbocycles. The van der Waals surface area contributed by atoms with Crippen LogP contribution in [0.1, 0.15) is 38.2 Å². The highest BCUT2D eigenvalue weighted by Gasteiger charge is 2.19. The molecule has 1 fully saturated rings. The molecule has 1 atom stereocenters. The molecule has 102 valence electrons. The Kier molecular flexibility index (Phi) is 6.15. The number of furan rings is 1. The molecule has 18 heavy (non-hydrogen) atoms. The highest BCUT2D eigenvalue weighted by Crippen LogP contribution is 2.27. The molecular weight excluding hydrogens is 242 g/mol. The Balaban J connectivity index is 1.83. The second kappa shape index (κ2) is 7.90. The predicted octanol–water partition coefficient (Wildman–Crippen LogP) is 3.72. The van der Waals surface area contributed by atoms with Gasteiger partial charge in [0.25, 0.3) is 0 Å². The van der Waals surface area contributed by atoms with Crippen molar-refractivity contribution in [1.29, 1.82) is 0 Å². The van der Waals surface area contributed by atoms with Gasteiger partial charge < -0.3 is 9.73 Å². The molecule has 0 amide bonds. The van der Waals surface area contributed by atoms with Crippen molar-refractivity contribution in [2.75, 3.05) is 18.1 Å². The summed E-state index contributed by atoms with van der Waals surface area (Å²) in [7, 11) is 0. The molecule has 0 aliphatic carbocycles. The van der Waals surface area contributed by atoms with Gasteiger partial charge in [-0.3, -0.25) is 0 Å². The lowest BCUT2D eigenvalue weighted by molar-refractivity contribution is 0.362. The number of rotatable bonds is 7. The van der Waals surface area contributed by atoms with Gasteiger partial charge in [-0.05, 0) is 67.7 Å². The van der Waals surface area contributed by atoms with E-state index < -0.39 is 0 Å². The molecule has 2 heterocycles. The van der Waals surface area contributed by atoms with E-state index in [-0.39, 0.29) is 0 Å². The van der Waals surface area contributed by atoms with Crippen LogP contribution >= 0.6 is 11.8 Å². The monoisotopic (exact) mass is 267 g/mol. The predicted molar refractivity (Wildman–Crippen MR) is 79.2 cm³/mol. The van der Waals surface area contributed by atoms with E-state index >= 15 is 0 Å². The van der Waals surface area contributed by atoms with Crippen molar-refractivity contribution < 1.29 is 4.42 Å². The van der Waals surface area contributed by atoms with Gasteiger partial charge in [-0.2, -0.15) is 11.8 Å². The smallest absolute Gasteiger partial charge is 0.0935 e. The molecule has 0 radical (unpaired) electrons. The quantitative estimate of drug-likeness (QED) is 0.815. The van der Waals surface area contributed by atoms with E-state index in [4.69, 9.17) is 4.42 Å². The maximum Gasteiger partial charge on any atom is 0.0935 e. The molecule has 1 saturated heterocycles. The first-order valence-corrected chi connectivity index (χ1v) is 8.36. The van der Waals surface area contributed by atoms with E-state index in [9.17, 15) is 0 Å². The van der Waals surface area contributed by atoms with Gasteiger partial charge in [0, 0.05) is 6.04 Å². The Bertz CT molecular complexity index is 306. The Labute approximate surface area is 115 Å². The average molecular weight is 267 g/mol. The third-order valence-electron chi connectivity index (χ3n) is 3.70. The highest BCUT2D eigenvalue weighted by molar-refractivity contribution is 7.99. The fourth-order valence-electron chi connectivity index (χ4n) is 2.67. The number of thioether (sulfide) groups is 1. The first-order valence-electron chi connectivity index (χ1n) is 7.20. The van der Waals surface area contributed by atoms with E-state index in [2.05, 4.69) is 30.1 Å². The first-order chi connectivity index (χ1) is 8.88. The number of nitrogens with one attached hydrogen (secondary N) is 1. The fraction of sp³-hybridized carbons (Fsp3) is 0.733. The van der Waals surface area contributed by atoms with Crippen LogP contribution in [-0.2, 0) is 6.42 Å². The van der Waals surface area contributed by atoms with Gasteiger partial charge in [-0.25, -0.2) is 0 Å². The zero-order chi connectivity index (χ0) is 12.6. The normalized spacial score (nSPS) is 18.9. The zero-order valence-corrected chi connectivity index (χ0v) is 12.2. The van der Waals surface area contributed by atoms with Gasteiger partial charge in [-0.1, -0.05) is 6.92 Å². The Morgan fingerprint density at radius 3 is 2.94 bits per heavy atom. The molecule has 1 aliphatic rings. The molecule has 2 rings (SSSR count). The van der Waals surface area contributed by atoms with Crippen molar-refractivity contribution in [2.24, 2.45) is 5.92 Å². The standard InChI is InChI=1S/C15H25NOS/c1-2-6-16-15(11-14-3-7-17-12-14)10-13-4-8-18-9-5-13/h3,7,12-13,15-16H,2,4-6,8-11H2,1H3. The lowest BCUT2D eigenvalue weighted by atomic mass is 9.91. The van der Waals surface area contributed by atoms with Crippen molar-refractivity contribution in [2.45, 2.75) is 45.1 Å². The van der Waals surface area contributed by atoms with Gasteiger partial charge in [0.05, 0.1) is 12.5 Å². The molecule has 1 aromatic heterocycles. The molecular formula is C15H25NOS. The van der Waals surface area contributed by atoms with E-state index in [1.807, 2.05) is 6.26 Å². The van der Waals surface area contributed by atoms with Crippen LogP contribution in [0.2, 0.25) is 0 Å². The van der Waals surface area contributed by atoms with E-state index in [0.717, 1.165) is 18.9 Å². The molecule has 1 aromatic rings. The summed E-state index contributed by atoms with van der Waals surface area (Å²) in [4.78, 5) is 0. The van der Waals surface area contributed by atoms with Crippen molar-refractivity contribution in [3.63, 3.8) is 0 Å². The molecule has 0 bridgehead atoms. The lowest BCUT2D eigenvalue weighted by Crippen LogP contribution is -2.34. The molecule has 0 spiro atoms. The van der Waals surface area contributed by atoms with Gasteiger partial charge in [0.2, 0.25) is 0 Å². The van der Waals surface area contributed by atoms with Gasteiger partial charge >= 0.3 is 0 Å². The van der Waals surface area contributed by atoms with Crippen molar-refractivity contribution in [3.8, 4) is 0 Å². The molecule has 3 heteroatoms. The molecule has 1 unspecified atom stereocenters. The summed E-state index contributed by atoms with van der Waals surface area (Å²) in [6.07, 6.45) is 10.1. The maximum absolute atomic E-state index is 5.18. The Morgan fingerprint density at radius 2 is 2.28 bits per heavy atom. The summed E-state index contributed by atoms with van der Waals surface area (Å²) >= 11 is 2.11. The van der Waals surface area contributed by atoms with Crippen LogP contribution < -0.4 is 5.32 Å². The maximum atomic E-state index is 5.18. The van der Waals surface area contributed by atoms with Gasteiger partial charge in [0.15, 0.2) is 0 Å². The minimum absolute atomic E-state index is 0.621. The fourth-order valence-corrected chi connectivity index (χ4v) is 3.87. The summed E-state index contributed by atoms with van der Waals surface area (Å²) < 4.78 is 5.18. The molecule has 1 aliphatic heterocycles. The third-order valence-corrected chi connectivity index (χ3v) is 4.75. The van der Waals surface area contributed by atoms with E-state index in [0.29, 0.717) is 6.04 Å². The van der Waals surface area contributed by atoms with Crippen LogP contribution in [0.15, 0.2) is 23.0 Å². The summed E-state index contributed by atoms with van der Waals surface area (Å²) in [6.45, 7) is 3.36. The number of hydrogen-bond acceptors (Lipinski definition) is 3. The lowest BCUT2D eigenvalue weighted by Gasteiger charge is -2.27. The molecule has 0 aromatic carbocycles. The van der Waals surface area contributed by atoms with Gasteiger partial charge in [0.1, 0.15) is 0 Å². The van der Waals surface area contributed by atoms with Crippen LogP contribution in [0, 0.1) is 5.92 Å². The summed E-state index contributed by atoms with van der Waals surface area (Å²) in [5.74, 6) is 3.64. The van der Waals surface area contributed by atoms with Crippen LogP contribution in [0.3, 0.4) is 0 Å². The van der Waals surface area contributed by atoms with Crippen LogP contribution in [0.25, 0.3) is 0 Å². The minimum atomic E-state index is 0.621. The third kappa shape index (κ3) is 4.69. The number of hydrogen-bond donors (Lipinski definition) is 1. The topological polar surface area (TPSA) is 25.2 Å². The Hall–Kier alpha value is -0.410. The second-order valence-corrected chi connectivity index (χ2v) is 6.50. The van der Waals surface area contributed by atoms with Crippen LogP contribution in [0.5, 0.6) is 0 Å². The van der Waals surface area contributed by atoms with Gasteiger partial charge in [-0.15, -0.1) is 0 Å². The molecule has 1 N–H and O–H groups in total. The van der Waals surface area contributed by atoms with E-state index in [1.54, 1.807) is 6.26 Å². The summed E-state index contributed by atoms with van der Waals surface area (Å²) in [5, 5.41) is 3.71. The second-order valence-electron chi connectivity index (χ2n) is 5.28. The average Bonchev–Trinajstić information content (AvgIpc) is 2.90. The summed E-state index contributed by atoms with van der Waals surface area (Å²) in [5.41, 5.74) is 1.33.